The Kier molecular flexibility index (Phi) is 4.44. The molecule has 0 aliphatic heterocycles. The van der Waals surface area contributed by atoms with E-state index < -0.39 is 0 Å². The number of hydrogen-bond donors (Lipinski definition) is 1. The van der Waals surface area contributed by atoms with Crippen molar-refractivity contribution < 1.29 is 4.39 Å². The summed E-state index contributed by atoms with van der Waals surface area (Å²) in [6.45, 7) is 0.987. The van der Waals surface area contributed by atoms with Gasteiger partial charge in [-0.15, -0.1) is 0 Å². The van der Waals surface area contributed by atoms with Gasteiger partial charge in [-0.05, 0) is 31.3 Å². The molecule has 0 bridgehead atoms. The lowest BCUT2D eigenvalue weighted by Crippen LogP contribution is -2.19. The smallest absolute Gasteiger partial charge is 0.144 e. The summed E-state index contributed by atoms with van der Waals surface area (Å²) >= 11 is 3.34. The van der Waals surface area contributed by atoms with E-state index in [9.17, 15) is 4.39 Å². The number of aromatic nitrogens is 2. The lowest BCUT2D eigenvalue weighted by Gasteiger charge is -2.16. The molecule has 2 rings (SSSR count). The van der Waals surface area contributed by atoms with E-state index in [2.05, 4.69) is 25.9 Å². The summed E-state index contributed by atoms with van der Waals surface area (Å²) in [6.07, 6.45) is 1.62. The van der Waals surface area contributed by atoms with E-state index in [1.807, 2.05) is 11.9 Å². The monoisotopic (exact) mass is 324 g/mol. The third-order valence-electron chi connectivity index (χ3n) is 2.59. The summed E-state index contributed by atoms with van der Waals surface area (Å²) in [7, 11) is 1.88. The van der Waals surface area contributed by atoms with Crippen molar-refractivity contribution in [2.75, 3.05) is 12.8 Å². The first-order valence-electron chi connectivity index (χ1n) is 5.74. The highest BCUT2D eigenvalue weighted by atomic mass is 79.9. The molecule has 6 heteroatoms. The first kappa shape index (κ1) is 13.9. The van der Waals surface area contributed by atoms with Crippen molar-refractivity contribution in [3.8, 4) is 0 Å². The van der Waals surface area contributed by atoms with E-state index in [-0.39, 0.29) is 5.82 Å². The average Bonchev–Trinajstić information content (AvgIpc) is 2.34. The maximum atomic E-state index is 13.6. The van der Waals surface area contributed by atoms with Gasteiger partial charge in [-0.25, -0.2) is 14.4 Å². The summed E-state index contributed by atoms with van der Waals surface area (Å²) in [6, 6.07) is 6.54. The number of nitrogen functional groups attached to an aromatic ring is 1. The molecule has 0 spiro atoms. The number of halogens is 2. The van der Waals surface area contributed by atoms with Crippen LogP contribution >= 0.6 is 15.9 Å². The minimum absolute atomic E-state index is 0.219. The molecule has 0 aliphatic carbocycles. The Hall–Kier alpha value is -1.53. The lowest BCUT2D eigenvalue weighted by molar-refractivity contribution is 0.305. The van der Waals surface area contributed by atoms with Crippen molar-refractivity contribution in [1.82, 2.24) is 14.9 Å². The van der Waals surface area contributed by atoms with Gasteiger partial charge in [0.2, 0.25) is 0 Å². The molecule has 1 aromatic carbocycles. The van der Waals surface area contributed by atoms with E-state index in [0.717, 1.165) is 4.47 Å². The highest BCUT2D eigenvalue weighted by molar-refractivity contribution is 9.10. The van der Waals surface area contributed by atoms with Gasteiger partial charge in [0, 0.05) is 22.8 Å². The van der Waals surface area contributed by atoms with Gasteiger partial charge in [0.1, 0.15) is 17.5 Å². The van der Waals surface area contributed by atoms with Crippen LogP contribution in [0, 0.1) is 5.82 Å². The normalized spacial score (nSPS) is 10.9. The zero-order valence-corrected chi connectivity index (χ0v) is 12.1. The second kappa shape index (κ2) is 6.08. The minimum atomic E-state index is -0.219. The molecule has 4 nitrogen and oxygen atoms in total. The predicted octanol–water partition coefficient (Wildman–Crippen LogP) is 2.59. The van der Waals surface area contributed by atoms with Crippen LogP contribution in [0.25, 0.3) is 0 Å². The highest BCUT2D eigenvalue weighted by Gasteiger charge is 2.08. The van der Waals surface area contributed by atoms with Gasteiger partial charge in [-0.3, -0.25) is 4.90 Å². The highest BCUT2D eigenvalue weighted by Crippen LogP contribution is 2.17. The Morgan fingerprint density at radius 1 is 1.32 bits per heavy atom. The Morgan fingerprint density at radius 2 is 2.11 bits per heavy atom. The van der Waals surface area contributed by atoms with Gasteiger partial charge in [0.15, 0.2) is 0 Å². The van der Waals surface area contributed by atoms with E-state index in [4.69, 9.17) is 5.73 Å². The first-order chi connectivity index (χ1) is 9.04. The van der Waals surface area contributed by atoms with Crippen LogP contribution in [0.1, 0.15) is 11.4 Å². The number of hydrogen-bond acceptors (Lipinski definition) is 4. The van der Waals surface area contributed by atoms with Crippen LogP contribution in [0.3, 0.4) is 0 Å². The Bertz CT molecular complexity index is 576. The van der Waals surface area contributed by atoms with Crippen LogP contribution in [0.15, 0.2) is 34.9 Å². The molecule has 0 atom stereocenters. The van der Waals surface area contributed by atoms with Crippen LogP contribution in [0.2, 0.25) is 0 Å². The molecule has 0 amide bonds. The summed E-state index contributed by atoms with van der Waals surface area (Å²) in [5.74, 6) is 0.841. The number of benzene rings is 1. The predicted molar refractivity (Wildman–Crippen MR) is 75.7 cm³/mol. The Balaban J connectivity index is 2.05. The molecular formula is C13H14BrFN4. The van der Waals surface area contributed by atoms with Crippen LogP contribution in [0.4, 0.5) is 10.2 Å². The third kappa shape index (κ3) is 3.97. The van der Waals surface area contributed by atoms with E-state index >= 15 is 0 Å². The molecule has 100 valence electrons. The number of nitrogens with zero attached hydrogens (tertiary/aromatic N) is 3. The van der Waals surface area contributed by atoms with E-state index in [1.165, 1.54) is 6.07 Å². The fraction of sp³-hybridized carbons (Fsp3) is 0.231. The molecule has 2 aromatic rings. The number of rotatable bonds is 4. The van der Waals surface area contributed by atoms with E-state index in [0.29, 0.717) is 30.3 Å². The Morgan fingerprint density at radius 3 is 2.84 bits per heavy atom. The largest absolute Gasteiger partial charge is 0.384 e. The van der Waals surface area contributed by atoms with Crippen LogP contribution in [-0.2, 0) is 13.1 Å². The van der Waals surface area contributed by atoms with Gasteiger partial charge < -0.3 is 5.73 Å². The third-order valence-corrected chi connectivity index (χ3v) is 3.08. The first-order valence-corrected chi connectivity index (χ1v) is 6.54. The van der Waals surface area contributed by atoms with Crippen LogP contribution in [-0.4, -0.2) is 21.9 Å². The summed E-state index contributed by atoms with van der Waals surface area (Å²) in [4.78, 5) is 10.2. The van der Waals surface area contributed by atoms with Gasteiger partial charge in [-0.2, -0.15) is 0 Å². The van der Waals surface area contributed by atoms with Crippen molar-refractivity contribution in [2.45, 2.75) is 13.1 Å². The molecule has 0 saturated heterocycles. The number of nitrogens with two attached hydrogens (primary N) is 1. The molecule has 0 fully saturated rings. The zero-order chi connectivity index (χ0) is 13.8. The van der Waals surface area contributed by atoms with Crippen molar-refractivity contribution >= 4 is 21.7 Å². The molecule has 0 unspecified atom stereocenters. The minimum Gasteiger partial charge on any atom is -0.384 e. The van der Waals surface area contributed by atoms with Gasteiger partial charge in [0.25, 0.3) is 0 Å². The molecule has 0 saturated carbocycles. The van der Waals surface area contributed by atoms with Crippen LogP contribution < -0.4 is 5.73 Å². The molecular weight excluding hydrogens is 311 g/mol. The topological polar surface area (TPSA) is 55.0 Å². The van der Waals surface area contributed by atoms with E-state index in [1.54, 1.807) is 24.4 Å². The maximum absolute atomic E-state index is 13.6. The SMILES string of the molecule is CN(Cc1nccc(N)n1)Cc1cc(Br)ccc1F. The molecule has 2 N–H and O–H groups in total. The molecule has 1 heterocycles. The standard InChI is InChI=1S/C13H14BrFN4/c1-19(8-13-17-5-4-12(16)18-13)7-9-6-10(14)2-3-11(9)15/h2-6H,7-8H2,1H3,(H2,16,17,18). The summed E-state index contributed by atoms with van der Waals surface area (Å²) in [5, 5.41) is 0. The van der Waals surface area contributed by atoms with Crippen molar-refractivity contribution in [2.24, 2.45) is 0 Å². The van der Waals surface area contributed by atoms with Crippen molar-refractivity contribution in [3.63, 3.8) is 0 Å². The average molecular weight is 325 g/mol. The van der Waals surface area contributed by atoms with Crippen molar-refractivity contribution in [3.05, 3.63) is 52.1 Å². The summed E-state index contributed by atoms with van der Waals surface area (Å²) < 4.78 is 14.5. The maximum Gasteiger partial charge on any atom is 0.144 e. The molecule has 19 heavy (non-hydrogen) atoms. The number of anilines is 1. The molecule has 1 aromatic heterocycles. The van der Waals surface area contributed by atoms with Gasteiger partial charge in [-0.1, -0.05) is 15.9 Å². The zero-order valence-electron chi connectivity index (χ0n) is 10.5. The second-order valence-corrected chi connectivity index (χ2v) is 5.22. The Labute approximate surface area is 119 Å². The summed E-state index contributed by atoms with van der Waals surface area (Å²) in [5.41, 5.74) is 6.22. The molecule has 0 radical (unpaired) electrons. The second-order valence-electron chi connectivity index (χ2n) is 4.31. The van der Waals surface area contributed by atoms with Gasteiger partial charge in [0.05, 0.1) is 6.54 Å². The molecule has 0 aliphatic rings. The quantitative estimate of drug-likeness (QED) is 0.939. The van der Waals surface area contributed by atoms with Crippen molar-refractivity contribution in [1.29, 1.82) is 0 Å². The lowest BCUT2D eigenvalue weighted by atomic mass is 10.2. The fourth-order valence-electron chi connectivity index (χ4n) is 1.74. The fourth-order valence-corrected chi connectivity index (χ4v) is 2.15. The van der Waals surface area contributed by atoms with Crippen LogP contribution in [0.5, 0.6) is 0 Å². The van der Waals surface area contributed by atoms with Gasteiger partial charge >= 0.3 is 0 Å².